The zero-order valence-electron chi connectivity index (χ0n) is 17.9. The number of aromatic nitrogens is 2. The van der Waals surface area contributed by atoms with E-state index in [4.69, 9.17) is 19.4 Å². The van der Waals surface area contributed by atoms with Crippen molar-refractivity contribution < 1.29 is 14.3 Å². The van der Waals surface area contributed by atoms with E-state index in [2.05, 4.69) is 6.07 Å². The van der Waals surface area contributed by atoms with E-state index in [0.29, 0.717) is 11.5 Å². The van der Waals surface area contributed by atoms with Gasteiger partial charge in [-0.15, -0.1) is 22.7 Å². The van der Waals surface area contributed by atoms with Crippen LogP contribution in [0.1, 0.15) is 29.6 Å². The highest BCUT2D eigenvalue weighted by Gasteiger charge is 2.32. The van der Waals surface area contributed by atoms with Crippen molar-refractivity contribution in [2.45, 2.75) is 25.3 Å². The van der Waals surface area contributed by atoms with E-state index in [1.807, 2.05) is 46.7 Å². The molecule has 0 bridgehead atoms. The quantitative estimate of drug-likeness (QED) is 0.384. The molecule has 3 heterocycles. The molecule has 0 saturated carbocycles. The van der Waals surface area contributed by atoms with Crippen LogP contribution in [0.5, 0.6) is 11.5 Å². The van der Waals surface area contributed by atoms with Gasteiger partial charge in [-0.2, -0.15) is 0 Å². The van der Waals surface area contributed by atoms with Crippen LogP contribution in [-0.4, -0.2) is 41.5 Å². The van der Waals surface area contributed by atoms with E-state index in [-0.39, 0.29) is 18.4 Å². The zero-order valence-corrected chi connectivity index (χ0v) is 19.5. The molecule has 0 aliphatic carbocycles. The molecule has 1 aliphatic rings. The summed E-state index contributed by atoms with van der Waals surface area (Å²) in [5.41, 5.74) is 2.64. The summed E-state index contributed by atoms with van der Waals surface area (Å²) in [4.78, 5) is 24.7. The number of rotatable bonds is 6. The molecule has 8 heteroatoms. The molecule has 4 aromatic rings. The number of ether oxygens (including phenoxy) is 2. The summed E-state index contributed by atoms with van der Waals surface area (Å²) in [7, 11) is 3.24. The van der Waals surface area contributed by atoms with Gasteiger partial charge in [0.25, 0.3) is 0 Å². The summed E-state index contributed by atoms with van der Waals surface area (Å²) in [5, 5.41) is 3.79. The molecule has 1 saturated heterocycles. The smallest absolute Gasteiger partial charge is 0.229 e. The molecule has 5 rings (SSSR count). The van der Waals surface area contributed by atoms with Gasteiger partial charge in [0.1, 0.15) is 10.0 Å². The number of carbonyl (C=O) groups is 1. The Bertz CT molecular complexity index is 1230. The third-order valence-electron chi connectivity index (χ3n) is 5.69. The molecular formula is C24H23N3O3S2. The summed E-state index contributed by atoms with van der Waals surface area (Å²) >= 11 is 3.19. The number of para-hydroxylation sites is 2. The van der Waals surface area contributed by atoms with Crippen molar-refractivity contribution in [3.8, 4) is 22.1 Å². The maximum absolute atomic E-state index is 13.2. The Hall–Kier alpha value is -2.97. The number of fused-ring (bicyclic) bond motifs is 1. The average Bonchev–Trinajstić information content (AvgIpc) is 3.57. The van der Waals surface area contributed by atoms with Crippen LogP contribution in [-0.2, 0) is 11.2 Å². The van der Waals surface area contributed by atoms with E-state index < -0.39 is 0 Å². The van der Waals surface area contributed by atoms with Crippen LogP contribution in [0.15, 0.2) is 47.8 Å². The minimum absolute atomic E-state index is 0.0523. The number of likely N-dealkylation sites (tertiary alicyclic amines) is 1. The van der Waals surface area contributed by atoms with Gasteiger partial charge in [0, 0.05) is 11.9 Å². The van der Waals surface area contributed by atoms with Gasteiger partial charge in [-0.3, -0.25) is 4.79 Å². The predicted octanol–water partition coefficient (Wildman–Crippen LogP) is 5.34. The zero-order chi connectivity index (χ0) is 22.1. The number of hydrogen-bond acceptors (Lipinski definition) is 7. The highest BCUT2D eigenvalue weighted by Crippen LogP contribution is 2.40. The molecule has 32 heavy (non-hydrogen) atoms. The van der Waals surface area contributed by atoms with Crippen LogP contribution in [0.2, 0.25) is 0 Å². The van der Waals surface area contributed by atoms with Crippen molar-refractivity contribution in [2.75, 3.05) is 20.8 Å². The summed E-state index contributed by atoms with van der Waals surface area (Å²) in [6.07, 6.45) is 2.23. The highest BCUT2D eigenvalue weighted by molar-refractivity contribution is 7.18. The molecular weight excluding hydrogens is 442 g/mol. The Labute approximate surface area is 194 Å². The van der Waals surface area contributed by atoms with Crippen LogP contribution in [0, 0.1) is 0 Å². The summed E-state index contributed by atoms with van der Waals surface area (Å²) in [5.74, 6) is 1.41. The fourth-order valence-corrected chi connectivity index (χ4v) is 6.14. The standard InChI is InChI=1S/C24H23N3O3S2/c1-29-19-10-5-7-16(22(19)30-2)23-25-15(14-31-23)13-21(28)27-12-6-9-18(27)24-26-17-8-3-4-11-20(17)32-24/h3-5,7-8,10-11,14,18H,6,9,12-13H2,1-2H3/t18-/m0/s1. The number of carbonyl (C=O) groups excluding carboxylic acids is 1. The van der Waals surface area contributed by atoms with Crippen molar-refractivity contribution in [3.63, 3.8) is 0 Å². The maximum Gasteiger partial charge on any atom is 0.229 e. The molecule has 1 fully saturated rings. The Morgan fingerprint density at radius 2 is 2.00 bits per heavy atom. The topological polar surface area (TPSA) is 64.5 Å². The van der Waals surface area contributed by atoms with Gasteiger partial charge in [0.05, 0.1) is 48.2 Å². The van der Waals surface area contributed by atoms with Gasteiger partial charge in [-0.25, -0.2) is 9.97 Å². The van der Waals surface area contributed by atoms with Crippen molar-refractivity contribution in [3.05, 3.63) is 58.5 Å². The van der Waals surface area contributed by atoms with Crippen molar-refractivity contribution >= 4 is 38.8 Å². The third kappa shape index (κ3) is 3.84. The Morgan fingerprint density at radius 3 is 2.81 bits per heavy atom. The number of thiazole rings is 2. The van der Waals surface area contributed by atoms with Crippen molar-refractivity contribution in [1.82, 2.24) is 14.9 Å². The van der Waals surface area contributed by atoms with E-state index in [1.165, 1.54) is 11.3 Å². The monoisotopic (exact) mass is 465 g/mol. The second-order valence-corrected chi connectivity index (χ2v) is 9.55. The first-order valence-corrected chi connectivity index (χ1v) is 12.2. The van der Waals surface area contributed by atoms with E-state index >= 15 is 0 Å². The number of hydrogen-bond donors (Lipinski definition) is 0. The Morgan fingerprint density at radius 1 is 1.12 bits per heavy atom. The van der Waals surface area contributed by atoms with Crippen LogP contribution in [0.4, 0.5) is 0 Å². The Balaban J connectivity index is 1.35. The van der Waals surface area contributed by atoms with Crippen LogP contribution >= 0.6 is 22.7 Å². The lowest BCUT2D eigenvalue weighted by atomic mass is 10.2. The molecule has 2 aromatic heterocycles. The average molecular weight is 466 g/mol. The largest absolute Gasteiger partial charge is 0.493 e. The van der Waals surface area contributed by atoms with E-state index in [9.17, 15) is 4.79 Å². The molecule has 1 amide bonds. The molecule has 164 valence electrons. The number of benzene rings is 2. The fraction of sp³-hybridized carbons (Fsp3) is 0.292. The maximum atomic E-state index is 13.2. The molecule has 0 spiro atoms. The van der Waals surface area contributed by atoms with Gasteiger partial charge < -0.3 is 14.4 Å². The first-order chi connectivity index (χ1) is 15.7. The number of amides is 1. The third-order valence-corrected chi connectivity index (χ3v) is 7.75. The molecule has 2 aromatic carbocycles. The minimum atomic E-state index is 0.0523. The van der Waals surface area contributed by atoms with Crippen LogP contribution in [0.3, 0.4) is 0 Å². The molecule has 0 N–H and O–H groups in total. The summed E-state index contributed by atoms with van der Waals surface area (Å²) in [6.45, 7) is 0.764. The second-order valence-electron chi connectivity index (χ2n) is 7.63. The van der Waals surface area contributed by atoms with Gasteiger partial charge >= 0.3 is 0 Å². The van der Waals surface area contributed by atoms with Crippen molar-refractivity contribution in [2.24, 2.45) is 0 Å². The van der Waals surface area contributed by atoms with E-state index in [0.717, 1.165) is 50.9 Å². The lowest BCUT2D eigenvalue weighted by Gasteiger charge is -2.22. The van der Waals surface area contributed by atoms with E-state index in [1.54, 1.807) is 25.6 Å². The number of methoxy groups -OCH3 is 2. The molecule has 0 unspecified atom stereocenters. The lowest BCUT2D eigenvalue weighted by molar-refractivity contribution is -0.131. The summed E-state index contributed by atoms with van der Waals surface area (Å²) in [6, 6.07) is 13.9. The fourth-order valence-electron chi connectivity index (χ4n) is 4.18. The molecule has 0 radical (unpaired) electrons. The van der Waals surface area contributed by atoms with Gasteiger partial charge in [-0.1, -0.05) is 18.2 Å². The first-order valence-electron chi connectivity index (χ1n) is 10.5. The van der Waals surface area contributed by atoms with Gasteiger partial charge in [-0.05, 0) is 37.1 Å². The van der Waals surface area contributed by atoms with Gasteiger partial charge in [0.15, 0.2) is 11.5 Å². The minimum Gasteiger partial charge on any atom is -0.493 e. The van der Waals surface area contributed by atoms with Crippen LogP contribution in [0.25, 0.3) is 20.8 Å². The molecule has 1 atom stereocenters. The lowest BCUT2D eigenvalue weighted by Crippen LogP contribution is -2.31. The first kappa shape index (κ1) is 20.9. The molecule has 1 aliphatic heterocycles. The second kappa shape index (κ2) is 8.88. The molecule has 6 nitrogen and oxygen atoms in total. The van der Waals surface area contributed by atoms with Gasteiger partial charge in [0.2, 0.25) is 5.91 Å². The normalized spacial score (nSPS) is 15.9. The Kier molecular flexibility index (Phi) is 5.80. The predicted molar refractivity (Wildman–Crippen MR) is 128 cm³/mol. The number of nitrogens with zero attached hydrogens (tertiary/aromatic N) is 3. The highest BCUT2D eigenvalue weighted by atomic mass is 32.1. The summed E-state index contributed by atoms with van der Waals surface area (Å²) < 4.78 is 12.1. The SMILES string of the molecule is COc1cccc(-c2nc(CC(=O)N3CCC[C@H]3c3nc4ccccc4s3)cs2)c1OC. The van der Waals surface area contributed by atoms with Crippen molar-refractivity contribution in [1.29, 1.82) is 0 Å². The van der Waals surface area contributed by atoms with Crippen LogP contribution < -0.4 is 9.47 Å².